The second kappa shape index (κ2) is 10.1. The summed E-state index contributed by atoms with van der Waals surface area (Å²) in [5.41, 5.74) is -0.180. The number of nitrogens with one attached hydrogen (secondary N) is 2. The van der Waals surface area contributed by atoms with Gasteiger partial charge >= 0.3 is 6.18 Å². The lowest BCUT2D eigenvalue weighted by molar-refractivity contribution is -0.137. The van der Waals surface area contributed by atoms with Crippen molar-refractivity contribution >= 4 is 41.0 Å². The molecule has 0 radical (unpaired) electrons. The van der Waals surface area contributed by atoms with Gasteiger partial charge in [-0.2, -0.15) is 18.4 Å². The molecule has 1 heterocycles. The van der Waals surface area contributed by atoms with Crippen LogP contribution in [-0.2, 0) is 15.8 Å². The van der Waals surface area contributed by atoms with Gasteiger partial charge in [0.25, 0.3) is 0 Å². The fourth-order valence-corrected chi connectivity index (χ4v) is 4.50. The lowest BCUT2D eigenvalue weighted by Crippen LogP contribution is -2.31. The molecule has 2 aromatic carbocycles. The summed E-state index contributed by atoms with van der Waals surface area (Å²) in [7, 11) is 0. The summed E-state index contributed by atoms with van der Waals surface area (Å²) in [5, 5.41) is 14.8. The van der Waals surface area contributed by atoms with Crippen molar-refractivity contribution in [3.63, 3.8) is 0 Å². The summed E-state index contributed by atoms with van der Waals surface area (Å²) in [6, 6.07) is 14.3. The normalized spacial score (nSPS) is 16.3. The molecule has 0 spiro atoms. The predicted octanol–water partition coefficient (Wildman–Crippen LogP) is 5.14. The summed E-state index contributed by atoms with van der Waals surface area (Å²) in [6.07, 6.45) is -2.57. The third-order valence-corrected chi connectivity index (χ3v) is 6.49. The number of para-hydroxylation sites is 1. The third-order valence-electron chi connectivity index (χ3n) is 4.73. The molecular formula is C22H18F3N3O2S2. The standard InChI is InChI=1S/C22H18F3N3O2S2/c1-31-14-8-6-13(7-9-14)15-10-19(29)28-21(16(15)11-26)32-12-20(30)27-18-5-3-2-4-17(18)22(23,24)25/h2-9,15H,10,12H2,1H3,(H,27,30)(H,28,29)/t15-/m0/s1. The number of nitriles is 1. The van der Waals surface area contributed by atoms with Crippen LogP contribution in [-0.4, -0.2) is 23.8 Å². The zero-order valence-corrected chi connectivity index (χ0v) is 18.5. The van der Waals surface area contributed by atoms with E-state index >= 15 is 0 Å². The summed E-state index contributed by atoms with van der Waals surface area (Å²) >= 11 is 2.48. The molecule has 1 aliphatic rings. The molecule has 0 saturated carbocycles. The van der Waals surface area contributed by atoms with Gasteiger partial charge in [0.2, 0.25) is 11.8 Å². The summed E-state index contributed by atoms with van der Waals surface area (Å²) in [4.78, 5) is 25.6. The Morgan fingerprint density at radius 3 is 2.53 bits per heavy atom. The average Bonchev–Trinajstić information content (AvgIpc) is 2.77. The van der Waals surface area contributed by atoms with Crippen molar-refractivity contribution in [3.05, 3.63) is 70.3 Å². The molecular weight excluding hydrogens is 459 g/mol. The van der Waals surface area contributed by atoms with E-state index in [0.29, 0.717) is 5.57 Å². The van der Waals surface area contributed by atoms with E-state index in [0.717, 1.165) is 28.3 Å². The number of benzene rings is 2. The number of alkyl halides is 3. The Morgan fingerprint density at radius 2 is 1.91 bits per heavy atom. The van der Waals surface area contributed by atoms with Crippen molar-refractivity contribution in [1.82, 2.24) is 5.32 Å². The number of amides is 2. The second-order valence-electron chi connectivity index (χ2n) is 6.81. The molecule has 0 aliphatic carbocycles. The van der Waals surface area contributed by atoms with E-state index < -0.39 is 23.6 Å². The fourth-order valence-electron chi connectivity index (χ4n) is 3.22. The minimum Gasteiger partial charge on any atom is -0.325 e. The molecule has 3 rings (SSSR count). The highest BCUT2D eigenvalue weighted by Gasteiger charge is 2.34. The van der Waals surface area contributed by atoms with E-state index in [4.69, 9.17) is 0 Å². The number of thioether (sulfide) groups is 2. The maximum absolute atomic E-state index is 13.1. The van der Waals surface area contributed by atoms with Crippen LogP contribution in [0.15, 0.2) is 64.0 Å². The Kier molecular flexibility index (Phi) is 7.53. The lowest BCUT2D eigenvalue weighted by Gasteiger charge is -2.25. The highest BCUT2D eigenvalue weighted by molar-refractivity contribution is 8.03. The van der Waals surface area contributed by atoms with E-state index in [1.807, 2.05) is 30.5 Å². The monoisotopic (exact) mass is 477 g/mol. The molecule has 2 aromatic rings. The predicted molar refractivity (Wildman–Crippen MR) is 119 cm³/mol. The first-order chi connectivity index (χ1) is 15.2. The van der Waals surface area contributed by atoms with Crippen LogP contribution >= 0.6 is 23.5 Å². The van der Waals surface area contributed by atoms with Crippen molar-refractivity contribution in [3.8, 4) is 6.07 Å². The molecule has 0 aromatic heterocycles. The van der Waals surface area contributed by atoms with E-state index in [2.05, 4.69) is 16.7 Å². The van der Waals surface area contributed by atoms with Gasteiger partial charge in [-0.3, -0.25) is 9.59 Å². The SMILES string of the molecule is CSc1ccc([C@@H]2CC(=O)NC(SCC(=O)Nc3ccccc3C(F)(F)F)=C2C#N)cc1. The van der Waals surface area contributed by atoms with Crippen LogP contribution in [0.1, 0.15) is 23.5 Å². The van der Waals surface area contributed by atoms with Crippen LogP contribution in [0.2, 0.25) is 0 Å². The van der Waals surface area contributed by atoms with Gasteiger partial charge < -0.3 is 10.6 Å². The molecule has 0 saturated heterocycles. The van der Waals surface area contributed by atoms with Gasteiger partial charge in [-0.25, -0.2) is 0 Å². The molecule has 0 bridgehead atoms. The molecule has 166 valence electrons. The van der Waals surface area contributed by atoms with Crippen LogP contribution in [0.25, 0.3) is 0 Å². The number of rotatable bonds is 6. The van der Waals surface area contributed by atoms with Gasteiger partial charge in [0.05, 0.1) is 33.7 Å². The number of allylic oxidation sites excluding steroid dienone is 1. The molecule has 0 fully saturated rings. The first-order valence-corrected chi connectivity index (χ1v) is 11.6. The van der Waals surface area contributed by atoms with E-state index in [-0.39, 0.29) is 28.8 Å². The number of anilines is 1. The highest BCUT2D eigenvalue weighted by Crippen LogP contribution is 2.37. The number of nitrogens with zero attached hydrogens (tertiary/aromatic N) is 1. The summed E-state index contributed by atoms with van der Waals surface area (Å²) < 4.78 is 39.4. The number of carbonyl (C=O) groups is 2. The average molecular weight is 478 g/mol. The largest absolute Gasteiger partial charge is 0.418 e. The van der Waals surface area contributed by atoms with Gasteiger partial charge in [0.1, 0.15) is 0 Å². The van der Waals surface area contributed by atoms with Crippen LogP contribution in [0.3, 0.4) is 0 Å². The Labute approximate surface area is 191 Å². The fraction of sp³-hybridized carbons (Fsp3) is 0.227. The Hall–Kier alpha value is -2.90. The van der Waals surface area contributed by atoms with Gasteiger partial charge in [0.15, 0.2) is 0 Å². The van der Waals surface area contributed by atoms with Gasteiger partial charge in [0, 0.05) is 17.2 Å². The lowest BCUT2D eigenvalue weighted by atomic mass is 9.87. The molecule has 2 amide bonds. The Balaban J connectivity index is 1.76. The summed E-state index contributed by atoms with van der Waals surface area (Å²) in [5.74, 6) is -1.71. The maximum Gasteiger partial charge on any atom is 0.418 e. The van der Waals surface area contributed by atoms with Crippen molar-refractivity contribution in [2.45, 2.75) is 23.4 Å². The quantitative estimate of drug-likeness (QED) is 0.563. The zero-order valence-electron chi connectivity index (χ0n) is 16.8. The van der Waals surface area contributed by atoms with Gasteiger partial charge in [-0.05, 0) is 36.1 Å². The Bertz CT molecular complexity index is 1090. The number of carbonyl (C=O) groups excluding carboxylic acids is 2. The molecule has 10 heteroatoms. The second-order valence-corrected chi connectivity index (χ2v) is 8.68. The molecule has 32 heavy (non-hydrogen) atoms. The maximum atomic E-state index is 13.1. The zero-order chi connectivity index (χ0) is 23.3. The van der Waals surface area contributed by atoms with Crippen LogP contribution in [0.4, 0.5) is 18.9 Å². The first kappa shape index (κ1) is 23.8. The minimum atomic E-state index is -4.61. The van der Waals surface area contributed by atoms with Gasteiger partial charge in [-0.15, -0.1) is 11.8 Å². The minimum absolute atomic E-state index is 0.0940. The van der Waals surface area contributed by atoms with Crippen LogP contribution in [0.5, 0.6) is 0 Å². The number of hydrogen-bond acceptors (Lipinski definition) is 5. The molecule has 0 unspecified atom stereocenters. The highest BCUT2D eigenvalue weighted by atomic mass is 32.2. The number of halogens is 3. The smallest absolute Gasteiger partial charge is 0.325 e. The van der Waals surface area contributed by atoms with E-state index in [1.54, 1.807) is 11.8 Å². The summed E-state index contributed by atoms with van der Waals surface area (Å²) in [6.45, 7) is 0. The van der Waals surface area contributed by atoms with E-state index in [1.165, 1.54) is 18.2 Å². The van der Waals surface area contributed by atoms with Gasteiger partial charge in [-0.1, -0.05) is 36.0 Å². The van der Waals surface area contributed by atoms with Crippen LogP contribution < -0.4 is 10.6 Å². The van der Waals surface area contributed by atoms with Crippen molar-refractivity contribution in [2.75, 3.05) is 17.3 Å². The first-order valence-electron chi connectivity index (χ1n) is 9.40. The van der Waals surface area contributed by atoms with Crippen LogP contribution in [0, 0.1) is 11.3 Å². The molecule has 1 aliphatic heterocycles. The molecule has 2 N–H and O–H groups in total. The topological polar surface area (TPSA) is 82.0 Å². The molecule has 1 atom stereocenters. The van der Waals surface area contributed by atoms with Crippen molar-refractivity contribution in [1.29, 1.82) is 5.26 Å². The van der Waals surface area contributed by atoms with Crippen molar-refractivity contribution in [2.24, 2.45) is 0 Å². The number of hydrogen-bond donors (Lipinski definition) is 2. The van der Waals surface area contributed by atoms with E-state index in [9.17, 15) is 28.0 Å². The Morgan fingerprint density at radius 1 is 1.22 bits per heavy atom. The molecule has 5 nitrogen and oxygen atoms in total. The third kappa shape index (κ3) is 5.66. The van der Waals surface area contributed by atoms with Crippen molar-refractivity contribution < 1.29 is 22.8 Å².